The van der Waals surface area contributed by atoms with Gasteiger partial charge in [0.25, 0.3) is 0 Å². The zero-order valence-electron chi connectivity index (χ0n) is 20.0. The molecule has 0 bridgehead atoms. The third kappa shape index (κ3) is 6.65. The molecule has 0 spiro atoms. The third-order valence-corrected chi connectivity index (χ3v) is 5.09. The van der Waals surface area contributed by atoms with E-state index in [-0.39, 0.29) is 0 Å². The van der Waals surface area contributed by atoms with Crippen LogP contribution in [0.15, 0.2) is 112 Å². The van der Waals surface area contributed by atoms with Crippen molar-refractivity contribution in [1.82, 2.24) is 9.55 Å². The molecule has 6 nitrogen and oxygen atoms in total. The summed E-state index contributed by atoms with van der Waals surface area (Å²) in [6.07, 6.45) is 19.4. The maximum absolute atomic E-state index is 10.9. The molecular weight excluding hydrogens is 422 g/mol. The fourth-order valence-electron chi connectivity index (χ4n) is 3.44. The van der Waals surface area contributed by atoms with Gasteiger partial charge in [-0.1, -0.05) is 24.3 Å². The lowest BCUT2D eigenvalue weighted by Crippen LogP contribution is -2.20. The summed E-state index contributed by atoms with van der Waals surface area (Å²) >= 11 is 0. The van der Waals surface area contributed by atoms with Crippen molar-refractivity contribution >= 4 is 17.5 Å². The van der Waals surface area contributed by atoms with Crippen molar-refractivity contribution in [2.75, 3.05) is 7.05 Å². The summed E-state index contributed by atoms with van der Waals surface area (Å²) in [4.78, 5) is 24.6. The molecule has 2 aromatic rings. The number of hydrogen-bond donors (Lipinski definition) is 0. The summed E-state index contributed by atoms with van der Waals surface area (Å²) in [5.41, 5.74) is 7.01. The molecule has 0 N–H and O–H groups in total. The lowest BCUT2D eigenvalue weighted by Gasteiger charge is -2.14. The smallest absolute Gasteiger partial charge is 0.132 e. The topological polar surface area (TPSA) is 72.0 Å². The summed E-state index contributed by atoms with van der Waals surface area (Å²) in [7, 11) is 1.79. The van der Waals surface area contributed by atoms with Gasteiger partial charge in [0, 0.05) is 37.3 Å². The van der Waals surface area contributed by atoms with E-state index in [1.807, 2.05) is 50.4 Å². The Labute approximate surface area is 200 Å². The number of allylic oxidation sites excluding steroid dienone is 9. The van der Waals surface area contributed by atoms with Gasteiger partial charge in [-0.3, -0.25) is 15.0 Å². The van der Waals surface area contributed by atoms with Gasteiger partial charge in [0.15, 0.2) is 0 Å². The summed E-state index contributed by atoms with van der Waals surface area (Å²) < 4.78 is 2.07. The number of nitroso groups, excluding NO2 is 1. The number of nitrogens with zero attached hydrogens (tertiary/aromatic N) is 5. The van der Waals surface area contributed by atoms with Crippen molar-refractivity contribution in [3.63, 3.8) is 0 Å². The molecule has 0 atom stereocenters. The standard InChI is InChI=1S/C28H29N5O/c1-5-8-25(32-34)11-7-10-24-14-13-23(15-17-30-24)27(20-26-12-6-9-22(3)31-26)33-18-16-21(2)19-28(33)29-4/h5-13,15-20H,14H2,1-4H3/b8-5-,10-7+,25-11+,27-20+,29-28?. The SMILES string of the molecule is C\C=C/C(=C\C=C\C1=NC=CC(/C(=C\c2cccc(C)n2)n2ccc(C)cc2=NC)=CC1)N=O. The molecule has 0 radical (unpaired) electrons. The van der Waals surface area contributed by atoms with Crippen LogP contribution in [0.25, 0.3) is 11.8 Å². The van der Waals surface area contributed by atoms with Crippen LogP contribution in [0.3, 0.4) is 0 Å². The largest absolute Gasteiger partial charge is 0.301 e. The number of pyridine rings is 2. The van der Waals surface area contributed by atoms with E-state index in [1.54, 1.807) is 37.6 Å². The number of hydrogen-bond acceptors (Lipinski definition) is 5. The van der Waals surface area contributed by atoms with Gasteiger partial charge in [-0.05, 0) is 91.7 Å². The van der Waals surface area contributed by atoms with Gasteiger partial charge in [-0.25, -0.2) is 0 Å². The van der Waals surface area contributed by atoms with Crippen molar-refractivity contribution < 1.29 is 0 Å². The van der Waals surface area contributed by atoms with Crippen LogP contribution in [0.2, 0.25) is 0 Å². The van der Waals surface area contributed by atoms with E-state index in [1.165, 1.54) is 0 Å². The first-order chi connectivity index (χ1) is 16.5. The lowest BCUT2D eigenvalue weighted by atomic mass is 10.1. The van der Waals surface area contributed by atoms with Crippen molar-refractivity contribution in [2.45, 2.75) is 27.2 Å². The third-order valence-electron chi connectivity index (χ3n) is 5.09. The molecule has 2 aromatic heterocycles. The highest BCUT2D eigenvalue weighted by atomic mass is 16.3. The molecule has 0 unspecified atom stereocenters. The highest BCUT2D eigenvalue weighted by Gasteiger charge is 2.10. The highest BCUT2D eigenvalue weighted by Crippen LogP contribution is 2.22. The van der Waals surface area contributed by atoms with Gasteiger partial charge in [-0.15, -0.1) is 4.91 Å². The predicted octanol–water partition coefficient (Wildman–Crippen LogP) is 6.10. The van der Waals surface area contributed by atoms with Gasteiger partial charge in [0.1, 0.15) is 11.2 Å². The first-order valence-corrected chi connectivity index (χ1v) is 11.1. The summed E-state index contributed by atoms with van der Waals surface area (Å²) in [5.74, 6) is 0. The second-order valence-corrected chi connectivity index (χ2v) is 7.73. The van der Waals surface area contributed by atoms with Crippen LogP contribution >= 0.6 is 0 Å². The zero-order chi connectivity index (χ0) is 24.3. The molecule has 0 amide bonds. The minimum Gasteiger partial charge on any atom is -0.301 e. The van der Waals surface area contributed by atoms with E-state index in [0.29, 0.717) is 12.1 Å². The molecule has 0 aromatic carbocycles. The fraction of sp³-hybridized carbons (Fsp3) is 0.179. The van der Waals surface area contributed by atoms with Crippen molar-refractivity contribution in [2.24, 2.45) is 15.2 Å². The molecule has 3 heterocycles. The number of rotatable bonds is 7. The van der Waals surface area contributed by atoms with Crippen LogP contribution in [0.5, 0.6) is 0 Å². The van der Waals surface area contributed by atoms with Gasteiger partial charge in [-0.2, -0.15) is 0 Å². The molecule has 0 aliphatic carbocycles. The zero-order valence-corrected chi connectivity index (χ0v) is 20.0. The highest BCUT2D eigenvalue weighted by molar-refractivity contribution is 5.98. The summed E-state index contributed by atoms with van der Waals surface area (Å²) in [6, 6.07) is 10.1. The number of aliphatic imine (C=N–C) groups is 1. The summed E-state index contributed by atoms with van der Waals surface area (Å²) in [6.45, 7) is 5.88. The van der Waals surface area contributed by atoms with Crippen LogP contribution in [0.4, 0.5) is 0 Å². The van der Waals surface area contributed by atoms with Crippen LogP contribution in [-0.2, 0) is 0 Å². The van der Waals surface area contributed by atoms with Gasteiger partial charge in [0.05, 0.1) is 11.4 Å². The Morgan fingerprint density at radius 2 is 2.06 bits per heavy atom. The van der Waals surface area contributed by atoms with Gasteiger partial charge in [0.2, 0.25) is 0 Å². The monoisotopic (exact) mass is 451 g/mol. The second kappa shape index (κ2) is 12.2. The number of aryl methyl sites for hydroxylation is 2. The van der Waals surface area contributed by atoms with E-state index in [9.17, 15) is 4.91 Å². The molecule has 6 heteroatoms. The van der Waals surface area contributed by atoms with Crippen LogP contribution in [0, 0.1) is 18.8 Å². The van der Waals surface area contributed by atoms with E-state index in [0.717, 1.165) is 39.4 Å². The van der Waals surface area contributed by atoms with Crippen LogP contribution in [0.1, 0.15) is 30.3 Å². The van der Waals surface area contributed by atoms with Crippen LogP contribution < -0.4 is 5.49 Å². The lowest BCUT2D eigenvalue weighted by molar-refractivity contribution is 0.955. The van der Waals surface area contributed by atoms with E-state index < -0.39 is 0 Å². The Morgan fingerprint density at radius 3 is 2.79 bits per heavy atom. The Balaban J connectivity index is 2.01. The first-order valence-electron chi connectivity index (χ1n) is 11.1. The first kappa shape index (κ1) is 24.5. The maximum atomic E-state index is 10.9. The minimum absolute atomic E-state index is 0.363. The van der Waals surface area contributed by atoms with Crippen LogP contribution in [-0.4, -0.2) is 22.3 Å². The molecule has 34 heavy (non-hydrogen) atoms. The molecule has 3 rings (SSSR count). The van der Waals surface area contributed by atoms with E-state index in [4.69, 9.17) is 0 Å². The predicted molar refractivity (Wildman–Crippen MR) is 141 cm³/mol. The second-order valence-electron chi connectivity index (χ2n) is 7.73. The Bertz CT molecular complexity index is 1330. The average Bonchev–Trinajstić information content (AvgIpc) is 3.08. The van der Waals surface area contributed by atoms with Crippen molar-refractivity contribution in [1.29, 1.82) is 0 Å². The van der Waals surface area contributed by atoms with Crippen molar-refractivity contribution in [3.8, 4) is 0 Å². The van der Waals surface area contributed by atoms with E-state index >= 15 is 0 Å². The molecule has 1 aliphatic heterocycles. The van der Waals surface area contributed by atoms with Gasteiger partial charge < -0.3 is 4.57 Å². The molecule has 0 fully saturated rings. The molecule has 0 saturated heterocycles. The van der Waals surface area contributed by atoms with E-state index in [2.05, 4.69) is 55.9 Å². The maximum Gasteiger partial charge on any atom is 0.132 e. The Kier molecular flexibility index (Phi) is 8.74. The number of aromatic nitrogens is 2. The Hall–Kier alpha value is -4.19. The quantitative estimate of drug-likeness (QED) is 0.377. The normalized spacial score (nSPS) is 15.6. The van der Waals surface area contributed by atoms with Crippen molar-refractivity contribution in [3.05, 3.63) is 124 Å². The molecular formula is C28H29N5O. The summed E-state index contributed by atoms with van der Waals surface area (Å²) in [5, 5.41) is 3.00. The molecule has 0 saturated carbocycles. The Morgan fingerprint density at radius 1 is 1.21 bits per heavy atom. The fourth-order valence-corrected chi connectivity index (χ4v) is 3.44. The molecule has 172 valence electrons. The van der Waals surface area contributed by atoms with Gasteiger partial charge >= 0.3 is 0 Å². The minimum atomic E-state index is 0.363. The average molecular weight is 452 g/mol. The molecule has 1 aliphatic rings.